The van der Waals surface area contributed by atoms with Gasteiger partial charge >= 0.3 is 105 Å². The zero-order valence-corrected chi connectivity index (χ0v) is 12.6. The number of hydrogen-bond acceptors (Lipinski definition) is 4. The molecule has 0 spiro atoms. The number of hydrogen-bond donors (Lipinski definition) is 2. The van der Waals surface area contributed by atoms with E-state index in [1.54, 1.807) is 0 Å². The van der Waals surface area contributed by atoms with E-state index in [1.165, 1.54) is 4.35 Å². The van der Waals surface area contributed by atoms with Crippen molar-refractivity contribution in [2.75, 3.05) is 14.1 Å². The van der Waals surface area contributed by atoms with E-state index in [4.69, 9.17) is 0 Å². The van der Waals surface area contributed by atoms with Gasteiger partial charge in [0.15, 0.2) is 0 Å². The number of benzene rings is 1. The summed E-state index contributed by atoms with van der Waals surface area (Å²) in [7, 11) is 5.58. The van der Waals surface area contributed by atoms with Crippen LogP contribution < -0.4 is 15.2 Å². The molecule has 1 heterocycles. The summed E-state index contributed by atoms with van der Waals surface area (Å²) in [4.78, 5) is 0. The van der Waals surface area contributed by atoms with Gasteiger partial charge in [-0.1, -0.05) is 0 Å². The molecule has 1 aliphatic rings. The molecule has 86 valence electrons. The normalized spacial score (nSPS) is 26.8. The van der Waals surface area contributed by atoms with Crippen LogP contribution in [0, 0.1) is 0 Å². The monoisotopic (exact) mass is 316 g/mol. The van der Waals surface area contributed by atoms with Crippen molar-refractivity contribution < 1.29 is 0 Å². The van der Waals surface area contributed by atoms with Crippen LogP contribution in [0.5, 0.6) is 0 Å². The number of nitrogens with zero attached hydrogens (tertiary/aromatic N) is 2. The molecular weight excluding hydrogens is 303 g/mol. The number of hydrazone groups is 1. The Morgan fingerprint density at radius 3 is 2.56 bits per heavy atom. The van der Waals surface area contributed by atoms with Gasteiger partial charge in [-0.15, -0.1) is 0 Å². The molecule has 0 radical (unpaired) electrons. The molecule has 0 aromatic heterocycles. The molecule has 0 aliphatic carbocycles. The van der Waals surface area contributed by atoms with Gasteiger partial charge < -0.3 is 0 Å². The predicted molar refractivity (Wildman–Crippen MR) is 74.8 cm³/mol. The van der Waals surface area contributed by atoms with E-state index in [0.717, 1.165) is 4.38 Å². The van der Waals surface area contributed by atoms with Gasteiger partial charge in [0.1, 0.15) is 0 Å². The van der Waals surface area contributed by atoms with Crippen molar-refractivity contribution in [2.45, 2.75) is 0 Å². The molecule has 7 heteroatoms. The van der Waals surface area contributed by atoms with Crippen LogP contribution >= 0.6 is 10.0 Å². The van der Waals surface area contributed by atoms with Crippen LogP contribution in [0.2, 0.25) is 0 Å². The Hall–Kier alpha value is -0.292. The minimum atomic E-state index is -1.11. The fourth-order valence-electron chi connectivity index (χ4n) is 1.20. The second-order valence-corrected chi connectivity index (χ2v) is 15.3. The zero-order valence-electron chi connectivity index (χ0n) is 9.04. The fourth-order valence-corrected chi connectivity index (χ4v) is 15.4. The van der Waals surface area contributed by atoms with Crippen molar-refractivity contribution >= 4 is 40.0 Å². The molecule has 0 saturated carbocycles. The summed E-state index contributed by atoms with van der Waals surface area (Å²) in [6.07, 6.45) is 0. The first-order chi connectivity index (χ1) is 7.86. The zero-order chi connectivity index (χ0) is 11.4. The molecule has 0 bridgehead atoms. The molecule has 1 aromatic rings. The average Bonchev–Trinajstić information content (AvgIpc) is 2.32. The van der Waals surface area contributed by atoms with Crippen LogP contribution in [0.25, 0.3) is 0 Å². The first kappa shape index (κ1) is 12.2. The van der Waals surface area contributed by atoms with E-state index in [0.29, 0.717) is 0 Å². The Morgan fingerprint density at radius 1 is 1.19 bits per heavy atom. The van der Waals surface area contributed by atoms with Crippen LogP contribution in [0.15, 0.2) is 39.9 Å². The van der Waals surface area contributed by atoms with Crippen molar-refractivity contribution in [2.24, 2.45) is 9.57 Å². The first-order valence-electron chi connectivity index (χ1n) is 4.76. The molecule has 2 unspecified atom stereocenters. The fraction of sp³-hybridized carbons (Fsp3) is 0.222. The molecule has 2 N–H and O–H groups in total. The molecule has 2 atom stereocenters. The maximum atomic E-state index is 4.44. The summed E-state index contributed by atoms with van der Waals surface area (Å²) in [6, 6.07) is 10.7. The average molecular weight is 316 g/mol. The van der Waals surface area contributed by atoms with Gasteiger partial charge in [-0.3, -0.25) is 0 Å². The van der Waals surface area contributed by atoms with Crippen molar-refractivity contribution in [3.63, 3.8) is 0 Å². The summed E-state index contributed by atoms with van der Waals surface area (Å²) in [6.45, 7) is 0. The summed E-state index contributed by atoms with van der Waals surface area (Å²) in [5.74, 6) is 0. The molecule has 1 saturated heterocycles. The summed E-state index contributed by atoms with van der Waals surface area (Å²) in [5, 5.41) is 4.25. The van der Waals surface area contributed by atoms with Crippen LogP contribution in [0.1, 0.15) is 0 Å². The third kappa shape index (κ3) is 2.51. The van der Waals surface area contributed by atoms with Gasteiger partial charge in [-0.25, -0.2) is 0 Å². The SMILES string of the molecule is CN/N=C1\S[As](c2ccccc2)\S1=N\NC. The van der Waals surface area contributed by atoms with Crippen LogP contribution in [-0.2, 0) is 8.95 Å². The first-order valence-corrected chi connectivity index (χ1v) is 12.2. The maximum absolute atomic E-state index is 4.44. The van der Waals surface area contributed by atoms with Crippen molar-refractivity contribution in [1.82, 2.24) is 10.9 Å². The molecule has 0 amide bonds. The summed E-state index contributed by atoms with van der Waals surface area (Å²) >= 11 is -1.11. The Morgan fingerprint density at radius 2 is 1.94 bits per heavy atom. The van der Waals surface area contributed by atoms with Crippen molar-refractivity contribution in [1.29, 1.82) is 0 Å². The van der Waals surface area contributed by atoms with Gasteiger partial charge in [-0.05, 0) is 0 Å². The Balaban J connectivity index is 2.21. The molecule has 2 rings (SSSR count). The topological polar surface area (TPSA) is 48.8 Å². The molecule has 4 nitrogen and oxygen atoms in total. The quantitative estimate of drug-likeness (QED) is 0.633. The summed E-state index contributed by atoms with van der Waals surface area (Å²) in [5.41, 5.74) is 5.75. The number of nitrogens with one attached hydrogen (secondary N) is 2. The van der Waals surface area contributed by atoms with Gasteiger partial charge in [-0.2, -0.15) is 0 Å². The van der Waals surface area contributed by atoms with Gasteiger partial charge in [0.2, 0.25) is 0 Å². The molecule has 1 aliphatic heterocycles. The molecule has 16 heavy (non-hydrogen) atoms. The molecule has 1 aromatic carbocycles. The van der Waals surface area contributed by atoms with Gasteiger partial charge in [0.25, 0.3) is 0 Å². The molecule has 1 fully saturated rings. The van der Waals surface area contributed by atoms with E-state index in [1.807, 2.05) is 24.1 Å². The summed E-state index contributed by atoms with van der Waals surface area (Å²) < 4.78 is 7.02. The van der Waals surface area contributed by atoms with Crippen LogP contribution in [0.4, 0.5) is 0 Å². The van der Waals surface area contributed by atoms with Crippen molar-refractivity contribution in [3.05, 3.63) is 30.3 Å². The van der Waals surface area contributed by atoms with Crippen LogP contribution in [0.3, 0.4) is 0 Å². The third-order valence-corrected chi connectivity index (χ3v) is 18.4. The van der Waals surface area contributed by atoms with E-state index in [9.17, 15) is 0 Å². The van der Waals surface area contributed by atoms with E-state index in [-0.39, 0.29) is 8.95 Å². The Kier molecular flexibility index (Phi) is 4.46. The van der Waals surface area contributed by atoms with Gasteiger partial charge in [0, 0.05) is 0 Å². The van der Waals surface area contributed by atoms with Gasteiger partial charge in [0.05, 0.1) is 0 Å². The number of rotatable bonds is 3. The van der Waals surface area contributed by atoms with E-state index < -0.39 is 12.3 Å². The van der Waals surface area contributed by atoms with Crippen LogP contribution in [-0.4, -0.2) is 30.8 Å². The second kappa shape index (κ2) is 5.87. The predicted octanol–water partition coefficient (Wildman–Crippen LogP) is 0.555. The Labute approximate surface area is 105 Å². The Bertz CT molecular complexity index is 421. The minimum absolute atomic E-state index is 0.0127. The third-order valence-electron chi connectivity index (χ3n) is 1.82. The standard InChI is InChI=1S/C9H13AsN4S2/c1-11-13-9-15-10(16(9)14-12-2)8-6-4-3-5-7-8/h3-7,11-12H,1-2H3/b13-9+. The second-order valence-electron chi connectivity index (χ2n) is 2.86. The molecular formula is C9H13AsN4S2. The van der Waals surface area contributed by atoms with Crippen molar-refractivity contribution in [3.8, 4) is 0 Å². The van der Waals surface area contributed by atoms with E-state index in [2.05, 4.69) is 50.8 Å². The van der Waals surface area contributed by atoms with E-state index >= 15 is 0 Å².